The SMILES string of the molecule is CN=C(NCCN1C(=O)C2C3C=CC(C3)C2C1=O)NCc1ccc(F)c(Cl)c1.I. The molecule has 1 aliphatic heterocycles. The van der Waals surface area contributed by atoms with Crippen LogP contribution in [-0.2, 0) is 16.1 Å². The molecule has 4 rings (SSSR count). The molecule has 0 aromatic heterocycles. The summed E-state index contributed by atoms with van der Waals surface area (Å²) in [6.45, 7) is 1.14. The Labute approximate surface area is 191 Å². The van der Waals surface area contributed by atoms with E-state index < -0.39 is 5.82 Å². The van der Waals surface area contributed by atoms with Gasteiger partial charge in [-0.05, 0) is 36.0 Å². The highest BCUT2D eigenvalue weighted by Gasteiger charge is 2.58. The van der Waals surface area contributed by atoms with Crippen LogP contribution in [-0.4, -0.2) is 42.8 Å². The number of rotatable bonds is 5. The van der Waals surface area contributed by atoms with Crippen LogP contribution in [0, 0.1) is 29.5 Å². The lowest BCUT2D eigenvalue weighted by atomic mass is 9.85. The lowest BCUT2D eigenvalue weighted by molar-refractivity contribution is -0.140. The summed E-state index contributed by atoms with van der Waals surface area (Å²) in [6.07, 6.45) is 5.11. The molecule has 4 atom stereocenters. The van der Waals surface area contributed by atoms with E-state index in [1.54, 1.807) is 19.2 Å². The van der Waals surface area contributed by atoms with Gasteiger partial charge in [-0.25, -0.2) is 4.39 Å². The Morgan fingerprint density at radius 1 is 1.21 bits per heavy atom. The van der Waals surface area contributed by atoms with Crippen LogP contribution in [0.15, 0.2) is 35.3 Å². The maximum absolute atomic E-state index is 13.2. The van der Waals surface area contributed by atoms with Crippen molar-refractivity contribution in [3.63, 3.8) is 0 Å². The largest absolute Gasteiger partial charge is 0.355 e. The molecule has 2 fully saturated rings. The first kappa shape index (κ1) is 22.0. The summed E-state index contributed by atoms with van der Waals surface area (Å²) in [5.41, 5.74) is 0.815. The van der Waals surface area contributed by atoms with Gasteiger partial charge >= 0.3 is 0 Å². The van der Waals surface area contributed by atoms with Crippen LogP contribution in [0.3, 0.4) is 0 Å². The van der Waals surface area contributed by atoms with E-state index in [0.717, 1.165) is 12.0 Å². The van der Waals surface area contributed by atoms with E-state index in [2.05, 4.69) is 27.8 Å². The zero-order chi connectivity index (χ0) is 19.8. The monoisotopic (exact) mass is 532 g/mol. The summed E-state index contributed by atoms with van der Waals surface area (Å²) in [4.78, 5) is 30.8. The number of nitrogens with zero attached hydrogens (tertiary/aromatic N) is 2. The number of aliphatic imine (C=N–C) groups is 1. The molecule has 1 saturated carbocycles. The van der Waals surface area contributed by atoms with Crippen molar-refractivity contribution in [3.8, 4) is 0 Å². The Bertz CT molecular complexity index is 848. The number of guanidine groups is 1. The first-order valence-electron chi connectivity index (χ1n) is 9.41. The number of hydrogen-bond acceptors (Lipinski definition) is 3. The van der Waals surface area contributed by atoms with Gasteiger partial charge in [-0.1, -0.05) is 29.8 Å². The molecule has 1 aromatic rings. The van der Waals surface area contributed by atoms with E-state index in [1.807, 2.05) is 0 Å². The first-order chi connectivity index (χ1) is 13.5. The third-order valence-corrected chi connectivity index (χ3v) is 6.15. The fourth-order valence-corrected chi connectivity index (χ4v) is 4.73. The maximum atomic E-state index is 13.2. The van der Waals surface area contributed by atoms with Crippen molar-refractivity contribution in [2.24, 2.45) is 28.7 Å². The molecule has 2 amide bonds. The molecule has 29 heavy (non-hydrogen) atoms. The number of likely N-dealkylation sites (tertiary alicyclic amines) is 1. The quantitative estimate of drug-likeness (QED) is 0.201. The number of halogens is 3. The van der Waals surface area contributed by atoms with Crippen LogP contribution in [0.4, 0.5) is 4.39 Å². The van der Waals surface area contributed by atoms with E-state index in [9.17, 15) is 14.0 Å². The van der Waals surface area contributed by atoms with Crippen molar-refractivity contribution in [1.29, 1.82) is 0 Å². The van der Waals surface area contributed by atoms with Crippen LogP contribution in [0.25, 0.3) is 0 Å². The molecule has 0 radical (unpaired) electrons. The minimum Gasteiger partial charge on any atom is -0.355 e. The molecule has 1 saturated heterocycles. The Hall–Kier alpha value is -1.68. The number of carbonyl (C=O) groups is 2. The summed E-state index contributed by atoms with van der Waals surface area (Å²) in [5.74, 6) is 0.104. The molecule has 6 nitrogen and oxygen atoms in total. The van der Waals surface area contributed by atoms with Gasteiger partial charge in [0.25, 0.3) is 0 Å². The normalized spacial score (nSPS) is 27.3. The molecule has 2 aliphatic carbocycles. The van der Waals surface area contributed by atoms with E-state index in [0.29, 0.717) is 25.6 Å². The average molecular weight is 533 g/mol. The van der Waals surface area contributed by atoms with Gasteiger partial charge in [-0.15, -0.1) is 24.0 Å². The Morgan fingerprint density at radius 3 is 2.45 bits per heavy atom. The summed E-state index contributed by atoms with van der Waals surface area (Å²) < 4.78 is 13.2. The highest BCUT2D eigenvalue weighted by Crippen LogP contribution is 2.52. The molecule has 9 heteroatoms. The number of allylic oxidation sites excluding steroid dienone is 2. The standard InChI is InChI=1S/C20H22ClFN4O2.HI/c1-23-20(25-10-11-2-5-15(22)14(21)8-11)24-6-7-26-18(27)16-12-3-4-13(9-12)17(16)19(26)28;/h2-5,8,12-13,16-17H,6-7,9-10H2,1H3,(H2,23,24,25);1H. The zero-order valence-corrected chi connectivity index (χ0v) is 19.0. The predicted molar refractivity (Wildman–Crippen MR) is 119 cm³/mol. The van der Waals surface area contributed by atoms with Gasteiger partial charge in [0, 0.05) is 26.7 Å². The lowest BCUT2D eigenvalue weighted by Crippen LogP contribution is -2.43. The van der Waals surface area contributed by atoms with Gasteiger partial charge in [0.2, 0.25) is 11.8 Å². The van der Waals surface area contributed by atoms with Crippen molar-refractivity contribution in [1.82, 2.24) is 15.5 Å². The minimum atomic E-state index is -0.457. The van der Waals surface area contributed by atoms with E-state index in [1.165, 1.54) is 11.0 Å². The van der Waals surface area contributed by atoms with Crippen LogP contribution < -0.4 is 10.6 Å². The summed E-state index contributed by atoms with van der Waals surface area (Å²) in [7, 11) is 1.63. The third kappa shape index (κ3) is 4.14. The van der Waals surface area contributed by atoms with Crippen molar-refractivity contribution < 1.29 is 14.0 Å². The molecule has 4 unspecified atom stereocenters. The van der Waals surface area contributed by atoms with Gasteiger partial charge < -0.3 is 10.6 Å². The second kappa shape index (κ2) is 8.99. The molecule has 1 aromatic carbocycles. The molecule has 1 heterocycles. The van der Waals surface area contributed by atoms with E-state index >= 15 is 0 Å². The van der Waals surface area contributed by atoms with E-state index in [4.69, 9.17) is 11.6 Å². The van der Waals surface area contributed by atoms with Crippen molar-refractivity contribution in [2.45, 2.75) is 13.0 Å². The average Bonchev–Trinajstić information content (AvgIpc) is 3.36. The molecule has 2 N–H and O–H groups in total. The van der Waals surface area contributed by atoms with Crippen molar-refractivity contribution in [3.05, 3.63) is 46.8 Å². The number of imide groups is 1. The highest BCUT2D eigenvalue weighted by atomic mass is 127. The van der Waals surface area contributed by atoms with Crippen molar-refractivity contribution in [2.75, 3.05) is 20.1 Å². The molecule has 156 valence electrons. The molecular weight excluding hydrogens is 510 g/mol. The summed E-state index contributed by atoms with van der Waals surface area (Å²) in [6, 6.07) is 4.52. The number of carbonyl (C=O) groups excluding carboxylic acids is 2. The number of nitrogens with one attached hydrogen (secondary N) is 2. The van der Waals surface area contributed by atoms with E-state index in [-0.39, 0.29) is 64.5 Å². The second-order valence-electron chi connectivity index (χ2n) is 7.43. The summed E-state index contributed by atoms with van der Waals surface area (Å²) in [5, 5.41) is 6.28. The zero-order valence-electron chi connectivity index (χ0n) is 15.9. The molecular formula is C20H23ClFIN4O2. The molecule has 2 bridgehead atoms. The first-order valence-corrected chi connectivity index (χ1v) is 9.79. The lowest BCUT2D eigenvalue weighted by Gasteiger charge is -2.18. The van der Waals surface area contributed by atoms with Gasteiger partial charge in [0.1, 0.15) is 5.82 Å². The number of benzene rings is 1. The van der Waals surface area contributed by atoms with Gasteiger partial charge in [0.15, 0.2) is 5.96 Å². The van der Waals surface area contributed by atoms with Gasteiger partial charge in [-0.2, -0.15) is 0 Å². The highest BCUT2D eigenvalue weighted by molar-refractivity contribution is 14.0. The summed E-state index contributed by atoms with van der Waals surface area (Å²) >= 11 is 5.79. The smallest absolute Gasteiger partial charge is 0.233 e. The molecule has 0 spiro atoms. The Morgan fingerprint density at radius 2 is 1.86 bits per heavy atom. The van der Waals surface area contributed by atoms with Gasteiger partial charge in [-0.3, -0.25) is 19.5 Å². The second-order valence-corrected chi connectivity index (χ2v) is 7.84. The number of hydrogen-bond donors (Lipinski definition) is 2. The topological polar surface area (TPSA) is 73.8 Å². The maximum Gasteiger partial charge on any atom is 0.233 e. The fraction of sp³-hybridized carbons (Fsp3) is 0.450. The Balaban J connectivity index is 0.00000240. The van der Waals surface area contributed by atoms with Crippen LogP contribution in [0.2, 0.25) is 5.02 Å². The van der Waals surface area contributed by atoms with Crippen LogP contribution in [0.5, 0.6) is 0 Å². The number of fused-ring (bicyclic) bond motifs is 5. The third-order valence-electron chi connectivity index (χ3n) is 5.86. The predicted octanol–water partition coefficient (Wildman–Crippen LogP) is 2.57. The van der Waals surface area contributed by atoms with Crippen molar-refractivity contribution >= 4 is 53.4 Å². The molecule has 3 aliphatic rings. The van der Waals surface area contributed by atoms with Crippen LogP contribution >= 0.6 is 35.6 Å². The minimum absolute atomic E-state index is 0. The van der Waals surface area contributed by atoms with Gasteiger partial charge in [0.05, 0.1) is 16.9 Å². The Kier molecular flexibility index (Phi) is 6.83. The fourth-order valence-electron chi connectivity index (χ4n) is 4.53. The number of amides is 2. The van der Waals surface area contributed by atoms with Crippen LogP contribution in [0.1, 0.15) is 12.0 Å².